The van der Waals surface area contributed by atoms with Gasteiger partial charge in [-0.1, -0.05) is 6.92 Å². The summed E-state index contributed by atoms with van der Waals surface area (Å²) in [5.41, 5.74) is 2.00. The smallest absolute Gasteiger partial charge is 0.180 e. The van der Waals surface area contributed by atoms with Gasteiger partial charge in [0.25, 0.3) is 0 Å². The van der Waals surface area contributed by atoms with Gasteiger partial charge in [0.2, 0.25) is 0 Å². The number of rotatable bonds is 4. The summed E-state index contributed by atoms with van der Waals surface area (Å²) in [6.07, 6.45) is 4.44. The zero-order valence-electron chi connectivity index (χ0n) is 10.7. The fourth-order valence-corrected chi connectivity index (χ4v) is 2.51. The lowest BCUT2D eigenvalue weighted by atomic mass is 10.3. The molecule has 2 aromatic heterocycles. The van der Waals surface area contributed by atoms with Crippen molar-refractivity contribution >= 4 is 28.4 Å². The quantitative estimate of drug-likeness (QED) is 0.855. The fraction of sp³-hybridized carbons (Fsp3) is 0.417. The summed E-state index contributed by atoms with van der Waals surface area (Å²) in [7, 11) is 1.95. The van der Waals surface area contributed by atoms with Crippen LogP contribution in [0.15, 0.2) is 12.5 Å². The minimum atomic E-state index is 0.725. The van der Waals surface area contributed by atoms with Crippen molar-refractivity contribution in [2.24, 2.45) is 7.05 Å². The highest BCUT2D eigenvalue weighted by molar-refractivity contribution is 14.1. The van der Waals surface area contributed by atoms with Crippen molar-refractivity contribution in [3.8, 4) is 11.5 Å². The van der Waals surface area contributed by atoms with Crippen LogP contribution in [0.3, 0.4) is 0 Å². The van der Waals surface area contributed by atoms with Crippen LogP contribution < -0.4 is 5.32 Å². The fourth-order valence-electron chi connectivity index (χ4n) is 1.70. The molecule has 96 valence electrons. The first-order valence-corrected chi connectivity index (χ1v) is 7.02. The van der Waals surface area contributed by atoms with E-state index >= 15 is 0 Å². The van der Waals surface area contributed by atoms with Gasteiger partial charge < -0.3 is 9.88 Å². The highest BCUT2D eigenvalue weighted by atomic mass is 127. The molecule has 0 aliphatic heterocycles. The Morgan fingerprint density at radius 2 is 2.11 bits per heavy atom. The molecular weight excluding hydrogens is 341 g/mol. The summed E-state index contributed by atoms with van der Waals surface area (Å²) in [6.45, 7) is 5.02. The van der Waals surface area contributed by atoms with Crippen LogP contribution in [0, 0.1) is 3.57 Å². The van der Waals surface area contributed by atoms with E-state index in [1.807, 2.05) is 11.6 Å². The molecule has 0 aliphatic carbocycles. The molecule has 18 heavy (non-hydrogen) atoms. The molecule has 0 fully saturated rings. The third kappa shape index (κ3) is 2.47. The van der Waals surface area contributed by atoms with Crippen LogP contribution in [-0.2, 0) is 13.5 Å². The van der Waals surface area contributed by atoms with Gasteiger partial charge in [0, 0.05) is 13.6 Å². The number of aryl methyl sites for hydroxylation is 2. The molecule has 2 aromatic rings. The Balaban J connectivity index is 2.55. The van der Waals surface area contributed by atoms with Crippen LogP contribution in [0.5, 0.6) is 0 Å². The molecule has 0 bridgehead atoms. The summed E-state index contributed by atoms with van der Waals surface area (Å²) in [4.78, 5) is 13.3. The lowest BCUT2D eigenvalue weighted by Gasteiger charge is -2.11. The molecule has 0 saturated heterocycles. The Labute approximate surface area is 120 Å². The summed E-state index contributed by atoms with van der Waals surface area (Å²) in [5, 5.41) is 3.28. The SMILES string of the molecule is CCNc1nc(-c2cncn2C)nc(CC)c1I. The Morgan fingerprint density at radius 1 is 1.33 bits per heavy atom. The van der Waals surface area contributed by atoms with Gasteiger partial charge >= 0.3 is 0 Å². The summed E-state index contributed by atoms with van der Waals surface area (Å²) < 4.78 is 3.03. The van der Waals surface area contributed by atoms with Gasteiger partial charge in [-0.05, 0) is 35.9 Å². The molecule has 6 heteroatoms. The number of hydrogen-bond donors (Lipinski definition) is 1. The van der Waals surface area contributed by atoms with Crippen molar-refractivity contribution in [3.05, 3.63) is 21.8 Å². The maximum absolute atomic E-state index is 4.62. The second-order valence-corrected chi connectivity index (χ2v) is 5.01. The van der Waals surface area contributed by atoms with Crippen molar-refractivity contribution in [2.45, 2.75) is 20.3 Å². The van der Waals surface area contributed by atoms with Crippen LogP contribution in [-0.4, -0.2) is 26.1 Å². The first kappa shape index (κ1) is 13.3. The number of imidazole rings is 1. The second kappa shape index (κ2) is 5.64. The maximum atomic E-state index is 4.62. The van der Waals surface area contributed by atoms with Gasteiger partial charge in [-0.2, -0.15) is 0 Å². The molecule has 0 atom stereocenters. The van der Waals surface area contributed by atoms with Gasteiger partial charge in [0.15, 0.2) is 5.82 Å². The Hall–Kier alpha value is -1.18. The van der Waals surface area contributed by atoms with Gasteiger partial charge in [0.05, 0.1) is 21.8 Å². The first-order valence-electron chi connectivity index (χ1n) is 5.94. The van der Waals surface area contributed by atoms with Gasteiger partial charge in [-0.3, -0.25) is 0 Å². The minimum absolute atomic E-state index is 0.725. The molecule has 0 unspecified atom stereocenters. The largest absolute Gasteiger partial charge is 0.369 e. The molecule has 0 aromatic carbocycles. The van der Waals surface area contributed by atoms with Crippen molar-refractivity contribution in [1.82, 2.24) is 19.5 Å². The van der Waals surface area contributed by atoms with Crippen LogP contribution in [0.4, 0.5) is 5.82 Å². The zero-order valence-corrected chi connectivity index (χ0v) is 12.9. The molecule has 2 heterocycles. The van der Waals surface area contributed by atoms with Crippen molar-refractivity contribution in [1.29, 1.82) is 0 Å². The topological polar surface area (TPSA) is 55.6 Å². The van der Waals surface area contributed by atoms with Gasteiger partial charge in [-0.15, -0.1) is 0 Å². The summed E-state index contributed by atoms with van der Waals surface area (Å²) in [5.74, 6) is 1.63. The van der Waals surface area contributed by atoms with Crippen LogP contribution in [0.25, 0.3) is 11.5 Å². The molecule has 0 saturated carbocycles. The second-order valence-electron chi connectivity index (χ2n) is 3.93. The molecule has 0 aliphatic rings. The number of hydrogen-bond acceptors (Lipinski definition) is 4. The highest BCUT2D eigenvalue weighted by Crippen LogP contribution is 2.23. The molecule has 5 nitrogen and oxygen atoms in total. The van der Waals surface area contributed by atoms with E-state index in [0.717, 1.165) is 39.6 Å². The average molecular weight is 357 g/mol. The molecule has 1 N–H and O–H groups in total. The number of nitrogens with one attached hydrogen (secondary N) is 1. The van der Waals surface area contributed by atoms with Gasteiger partial charge in [-0.25, -0.2) is 15.0 Å². The minimum Gasteiger partial charge on any atom is -0.369 e. The summed E-state index contributed by atoms with van der Waals surface area (Å²) >= 11 is 2.30. The van der Waals surface area contributed by atoms with E-state index in [9.17, 15) is 0 Å². The summed E-state index contributed by atoms with van der Waals surface area (Å²) in [6, 6.07) is 0. The first-order chi connectivity index (χ1) is 8.67. The van der Waals surface area contributed by atoms with Crippen LogP contribution in [0.2, 0.25) is 0 Å². The standard InChI is InChI=1S/C12H16IN5/c1-4-8-10(13)12(15-5-2)17-11(16-8)9-6-14-7-18(9)3/h6-7H,4-5H2,1-3H3,(H,15,16,17). The van der Waals surface area contributed by atoms with E-state index in [1.165, 1.54) is 0 Å². The maximum Gasteiger partial charge on any atom is 0.180 e. The van der Waals surface area contributed by atoms with E-state index in [4.69, 9.17) is 0 Å². The molecule has 0 radical (unpaired) electrons. The number of aromatic nitrogens is 4. The van der Waals surface area contributed by atoms with Crippen LogP contribution in [0.1, 0.15) is 19.5 Å². The third-order valence-electron chi connectivity index (χ3n) is 2.64. The van der Waals surface area contributed by atoms with E-state index in [0.29, 0.717) is 0 Å². The van der Waals surface area contributed by atoms with E-state index < -0.39 is 0 Å². The third-order valence-corrected chi connectivity index (χ3v) is 3.78. The average Bonchev–Trinajstić information content (AvgIpc) is 2.78. The zero-order chi connectivity index (χ0) is 13.1. The van der Waals surface area contributed by atoms with E-state index in [-0.39, 0.29) is 0 Å². The van der Waals surface area contributed by atoms with E-state index in [1.54, 1.807) is 12.5 Å². The highest BCUT2D eigenvalue weighted by Gasteiger charge is 2.13. The molecule has 0 amide bonds. The predicted octanol–water partition coefficient (Wildman–Crippen LogP) is 2.48. The van der Waals surface area contributed by atoms with Crippen molar-refractivity contribution in [3.63, 3.8) is 0 Å². The molecule has 2 rings (SSSR count). The monoisotopic (exact) mass is 357 g/mol. The Bertz CT molecular complexity index is 549. The van der Waals surface area contributed by atoms with Crippen molar-refractivity contribution < 1.29 is 0 Å². The van der Waals surface area contributed by atoms with Crippen molar-refractivity contribution in [2.75, 3.05) is 11.9 Å². The lowest BCUT2D eigenvalue weighted by molar-refractivity contribution is 0.897. The number of anilines is 1. The molecule has 0 spiro atoms. The molecular formula is C12H16IN5. The Morgan fingerprint density at radius 3 is 2.67 bits per heavy atom. The normalized spacial score (nSPS) is 10.7. The number of nitrogens with zero attached hydrogens (tertiary/aromatic N) is 4. The van der Waals surface area contributed by atoms with Crippen LogP contribution >= 0.6 is 22.6 Å². The Kier molecular flexibility index (Phi) is 4.15. The lowest BCUT2D eigenvalue weighted by Crippen LogP contribution is -2.08. The van der Waals surface area contributed by atoms with E-state index in [2.05, 4.69) is 56.7 Å². The number of halogens is 1. The predicted molar refractivity (Wildman–Crippen MR) is 80.5 cm³/mol. The van der Waals surface area contributed by atoms with Gasteiger partial charge in [0.1, 0.15) is 11.5 Å².